The molecular weight excluding hydrogens is 506 g/mol. The van der Waals surface area contributed by atoms with Gasteiger partial charge in [0.05, 0.1) is 12.2 Å². The smallest absolute Gasteiger partial charge is 0.326 e. The molecular formula is C27H29N5O5S. The van der Waals surface area contributed by atoms with Crippen molar-refractivity contribution in [2.75, 3.05) is 11.6 Å². The van der Waals surface area contributed by atoms with Gasteiger partial charge in [-0.1, -0.05) is 24.0 Å². The Hall–Kier alpha value is -3.91. The molecule has 0 saturated heterocycles. The van der Waals surface area contributed by atoms with Crippen LogP contribution in [0.2, 0.25) is 0 Å². The van der Waals surface area contributed by atoms with Crippen LogP contribution in [-0.4, -0.2) is 39.1 Å². The standard InChI is InChI=1S/C27H29N5O5S/c1-16(20-7-8-20)12-19-13-18(14-22(15-19)28-23(33)21-9-10-21)6-5-11-31-25-29-24(38(4,36)37)17(2)32(25)27(35)30(3)26(31)34/h13-15,20-21H,1,7-12H2,2-4H3,(H,28,33). The topological polar surface area (TPSA) is 125 Å². The Kier molecular flexibility index (Phi) is 6.39. The van der Waals surface area contributed by atoms with Gasteiger partial charge in [0.25, 0.3) is 0 Å². The maximum absolute atomic E-state index is 12.9. The molecule has 2 aliphatic carbocycles. The Morgan fingerprint density at radius 3 is 2.45 bits per heavy atom. The summed E-state index contributed by atoms with van der Waals surface area (Å²) in [5.41, 5.74) is 2.25. The first-order valence-electron chi connectivity index (χ1n) is 12.4. The van der Waals surface area contributed by atoms with E-state index >= 15 is 0 Å². The van der Waals surface area contributed by atoms with Crippen molar-refractivity contribution in [3.05, 3.63) is 68.1 Å². The van der Waals surface area contributed by atoms with Crippen LogP contribution in [-0.2, 0) is 34.6 Å². The number of carbonyl (C=O) groups excluding carboxylic acids is 1. The summed E-state index contributed by atoms with van der Waals surface area (Å²) in [6.45, 7) is 5.55. The van der Waals surface area contributed by atoms with Gasteiger partial charge in [0.2, 0.25) is 11.7 Å². The Balaban J connectivity index is 1.51. The normalized spacial score (nSPS) is 15.2. The van der Waals surface area contributed by atoms with Gasteiger partial charge in [0.1, 0.15) is 0 Å². The minimum absolute atomic E-state index is 0.00224. The lowest BCUT2D eigenvalue weighted by molar-refractivity contribution is -0.117. The zero-order valence-corrected chi connectivity index (χ0v) is 22.4. The highest BCUT2D eigenvalue weighted by molar-refractivity contribution is 7.90. The van der Waals surface area contributed by atoms with Crippen molar-refractivity contribution in [2.24, 2.45) is 18.9 Å². The average Bonchev–Trinajstić information content (AvgIpc) is 3.75. The largest absolute Gasteiger partial charge is 0.339 e. The number of benzene rings is 1. The summed E-state index contributed by atoms with van der Waals surface area (Å²) >= 11 is 0. The lowest BCUT2D eigenvalue weighted by Crippen LogP contribution is -2.42. The Labute approximate surface area is 219 Å². The van der Waals surface area contributed by atoms with E-state index in [2.05, 4.69) is 28.7 Å². The van der Waals surface area contributed by atoms with Crippen molar-refractivity contribution in [1.29, 1.82) is 0 Å². The van der Waals surface area contributed by atoms with Gasteiger partial charge < -0.3 is 5.32 Å². The first-order chi connectivity index (χ1) is 17.9. The van der Waals surface area contributed by atoms with Gasteiger partial charge in [-0.05, 0) is 68.7 Å². The monoisotopic (exact) mass is 535 g/mol. The van der Waals surface area contributed by atoms with E-state index in [1.54, 1.807) is 6.07 Å². The minimum atomic E-state index is -3.72. The molecule has 0 radical (unpaired) electrons. The molecule has 2 saturated carbocycles. The fourth-order valence-corrected chi connectivity index (χ4v) is 5.39. The van der Waals surface area contributed by atoms with Crippen LogP contribution in [0.3, 0.4) is 0 Å². The molecule has 0 bridgehead atoms. The lowest BCUT2D eigenvalue weighted by Gasteiger charge is -2.10. The number of aryl methyl sites for hydroxylation is 1. The number of aromatic nitrogens is 4. The Morgan fingerprint density at radius 2 is 1.82 bits per heavy atom. The van der Waals surface area contributed by atoms with Crippen molar-refractivity contribution in [3.8, 4) is 11.8 Å². The molecule has 0 unspecified atom stereocenters. The number of allylic oxidation sites excluding steroid dienone is 1. The molecule has 2 heterocycles. The summed E-state index contributed by atoms with van der Waals surface area (Å²) in [5, 5.41) is 2.72. The zero-order chi connectivity index (χ0) is 27.4. The van der Waals surface area contributed by atoms with E-state index in [0.29, 0.717) is 23.6 Å². The number of imidazole rings is 1. The highest BCUT2D eigenvalue weighted by Gasteiger charge is 2.30. The molecule has 0 spiro atoms. The summed E-state index contributed by atoms with van der Waals surface area (Å²) in [7, 11) is -2.41. The number of anilines is 1. The molecule has 0 atom stereocenters. The molecule has 11 heteroatoms. The second-order valence-corrected chi connectivity index (χ2v) is 12.1. The van der Waals surface area contributed by atoms with Crippen LogP contribution in [0.1, 0.15) is 42.5 Å². The van der Waals surface area contributed by atoms with Crippen molar-refractivity contribution in [3.63, 3.8) is 0 Å². The second kappa shape index (κ2) is 9.44. The fraction of sp³-hybridized carbons (Fsp3) is 0.407. The number of rotatable bonds is 7. The predicted molar refractivity (Wildman–Crippen MR) is 143 cm³/mol. The number of nitrogens with zero attached hydrogens (tertiary/aromatic N) is 4. The van der Waals surface area contributed by atoms with Gasteiger partial charge >= 0.3 is 11.4 Å². The van der Waals surface area contributed by atoms with Crippen LogP contribution in [0.4, 0.5) is 5.69 Å². The highest BCUT2D eigenvalue weighted by Crippen LogP contribution is 2.37. The number of fused-ring (bicyclic) bond motifs is 1. The van der Waals surface area contributed by atoms with Crippen LogP contribution >= 0.6 is 0 Å². The summed E-state index contributed by atoms with van der Waals surface area (Å²) in [6, 6.07) is 5.67. The molecule has 2 aromatic heterocycles. The third-order valence-corrected chi connectivity index (χ3v) is 7.99. The van der Waals surface area contributed by atoms with E-state index in [0.717, 1.165) is 52.0 Å². The van der Waals surface area contributed by atoms with Gasteiger partial charge in [-0.2, -0.15) is 4.98 Å². The molecule has 198 valence electrons. The third kappa shape index (κ3) is 5.09. The maximum Gasteiger partial charge on any atom is 0.339 e. The van der Waals surface area contributed by atoms with Gasteiger partial charge in [0.15, 0.2) is 14.9 Å². The van der Waals surface area contributed by atoms with Crippen molar-refractivity contribution in [1.82, 2.24) is 18.5 Å². The van der Waals surface area contributed by atoms with Crippen molar-refractivity contribution >= 4 is 27.2 Å². The molecule has 5 rings (SSSR count). The van der Waals surface area contributed by atoms with Gasteiger partial charge in [-0.3, -0.25) is 9.36 Å². The van der Waals surface area contributed by atoms with Gasteiger partial charge in [0, 0.05) is 30.5 Å². The summed E-state index contributed by atoms with van der Waals surface area (Å²) < 4.78 is 27.5. The van der Waals surface area contributed by atoms with E-state index in [9.17, 15) is 22.8 Å². The summed E-state index contributed by atoms with van der Waals surface area (Å²) in [5.74, 6) is 6.53. The van der Waals surface area contributed by atoms with Gasteiger partial charge in [-0.25, -0.2) is 27.0 Å². The van der Waals surface area contributed by atoms with E-state index in [-0.39, 0.29) is 34.9 Å². The first kappa shape index (κ1) is 25.7. The predicted octanol–water partition coefficient (Wildman–Crippen LogP) is 1.82. The molecule has 1 aromatic carbocycles. The quantitative estimate of drug-likeness (QED) is 0.364. The Bertz CT molecular complexity index is 1750. The third-order valence-electron chi connectivity index (χ3n) is 6.90. The van der Waals surface area contributed by atoms with E-state index in [4.69, 9.17) is 0 Å². The molecule has 38 heavy (non-hydrogen) atoms. The van der Waals surface area contributed by atoms with Crippen molar-refractivity contribution in [2.45, 2.75) is 50.6 Å². The molecule has 3 aromatic rings. The number of hydrogen-bond acceptors (Lipinski definition) is 6. The second-order valence-electron chi connectivity index (χ2n) is 10.2. The fourth-order valence-electron chi connectivity index (χ4n) is 4.51. The minimum Gasteiger partial charge on any atom is -0.326 e. The number of sulfone groups is 1. The molecule has 1 N–H and O–H groups in total. The van der Waals surface area contributed by atoms with Gasteiger partial charge in [-0.15, -0.1) is 0 Å². The summed E-state index contributed by atoms with van der Waals surface area (Å²) in [6.07, 6.45) is 5.79. The number of nitrogens with one attached hydrogen (secondary N) is 1. The number of hydrogen-bond donors (Lipinski definition) is 1. The molecule has 1 amide bonds. The summed E-state index contributed by atoms with van der Waals surface area (Å²) in [4.78, 5) is 42.1. The van der Waals surface area contributed by atoms with E-state index in [1.807, 2.05) is 12.1 Å². The van der Waals surface area contributed by atoms with Crippen LogP contribution in [0.5, 0.6) is 0 Å². The van der Waals surface area contributed by atoms with Crippen LogP contribution in [0.15, 0.2) is 45.0 Å². The SMILES string of the molecule is C=C(Cc1cc(C#CCn2c(=O)n(C)c(=O)n3c(C)c(S(C)(=O)=O)nc23)cc(NC(=O)C2CC2)c1)C1CC1. The maximum atomic E-state index is 12.9. The highest BCUT2D eigenvalue weighted by atomic mass is 32.2. The Morgan fingerprint density at radius 1 is 1.13 bits per heavy atom. The first-order valence-corrected chi connectivity index (χ1v) is 14.3. The molecule has 10 nitrogen and oxygen atoms in total. The molecule has 2 aliphatic rings. The lowest BCUT2D eigenvalue weighted by atomic mass is 10.00. The number of carbonyl (C=O) groups is 1. The molecule has 0 aliphatic heterocycles. The van der Waals surface area contributed by atoms with Crippen LogP contribution in [0.25, 0.3) is 5.78 Å². The van der Waals surface area contributed by atoms with Crippen LogP contribution < -0.4 is 16.7 Å². The number of amides is 1. The average molecular weight is 536 g/mol. The molecule has 2 fully saturated rings. The van der Waals surface area contributed by atoms with Crippen LogP contribution in [0, 0.1) is 30.6 Å². The van der Waals surface area contributed by atoms with E-state index < -0.39 is 21.2 Å². The zero-order valence-electron chi connectivity index (χ0n) is 21.6. The van der Waals surface area contributed by atoms with Crippen molar-refractivity contribution < 1.29 is 13.2 Å². The van der Waals surface area contributed by atoms with E-state index in [1.165, 1.54) is 18.5 Å².